The Morgan fingerprint density at radius 3 is 2.59 bits per heavy atom. The second kappa shape index (κ2) is 9.33. The van der Waals surface area contributed by atoms with Crippen molar-refractivity contribution < 1.29 is 22.7 Å². The minimum Gasteiger partial charge on any atom is -0.481 e. The van der Waals surface area contributed by atoms with Crippen molar-refractivity contribution in [2.24, 2.45) is 0 Å². The first-order valence-electron chi connectivity index (χ1n) is 10.4. The lowest BCUT2D eigenvalue weighted by atomic mass is 9.97. The molecular weight excluding hydrogens is 436 g/mol. The molecule has 0 saturated carbocycles. The number of carbonyl (C=O) groups is 1. The second-order valence-electron chi connectivity index (χ2n) is 8.18. The number of likely N-dealkylation sites (N-methyl/N-ethyl adjacent to an activating group) is 1. The van der Waals surface area contributed by atoms with Crippen LogP contribution in [-0.4, -0.2) is 56.0 Å². The average molecular weight is 467 g/mol. The number of hydrogen-bond donors (Lipinski definition) is 3. The number of pyridine rings is 1. The maximum Gasteiger partial charge on any atom is 0.333 e. The highest BCUT2D eigenvalue weighted by Crippen LogP contribution is 2.34. The van der Waals surface area contributed by atoms with Crippen LogP contribution in [0.15, 0.2) is 17.2 Å². The van der Waals surface area contributed by atoms with Crippen molar-refractivity contribution in [2.45, 2.75) is 57.0 Å². The third-order valence-corrected chi connectivity index (χ3v) is 6.48. The van der Waals surface area contributed by atoms with E-state index in [0.717, 1.165) is 5.56 Å². The van der Waals surface area contributed by atoms with Crippen LogP contribution in [0.1, 0.15) is 50.8 Å². The van der Waals surface area contributed by atoms with Crippen molar-refractivity contribution in [3.8, 4) is 11.8 Å². The molecule has 3 heterocycles. The Labute approximate surface area is 187 Å². The summed E-state index contributed by atoms with van der Waals surface area (Å²) in [5.41, 5.74) is 1.86. The molecule has 3 N–H and O–H groups in total. The van der Waals surface area contributed by atoms with Crippen LogP contribution in [0.25, 0.3) is 0 Å². The van der Waals surface area contributed by atoms with Gasteiger partial charge in [0.05, 0.1) is 37.3 Å². The summed E-state index contributed by atoms with van der Waals surface area (Å²) < 4.78 is 40.2. The number of nitrogens with one attached hydrogen (secondary N) is 3. The zero-order valence-electron chi connectivity index (χ0n) is 19.1. The number of ether oxygens (including phenoxy) is 2. The van der Waals surface area contributed by atoms with Crippen LogP contribution in [0.5, 0.6) is 11.8 Å². The summed E-state index contributed by atoms with van der Waals surface area (Å²) in [6.45, 7) is 8.55. The highest BCUT2D eigenvalue weighted by molar-refractivity contribution is 7.90. The van der Waals surface area contributed by atoms with Crippen molar-refractivity contribution in [2.75, 3.05) is 26.1 Å². The van der Waals surface area contributed by atoms with Gasteiger partial charge in [0, 0.05) is 6.07 Å². The molecule has 32 heavy (non-hydrogen) atoms. The lowest BCUT2D eigenvalue weighted by molar-refractivity contribution is 0.184. The number of fused-ring (bicyclic) bond motifs is 1. The van der Waals surface area contributed by atoms with Gasteiger partial charge in [0.25, 0.3) is 10.0 Å². The van der Waals surface area contributed by atoms with E-state index in [0.29, 0.717) is 30.4 Å². The Balaban J connectivity index is 1.87. The lowest BCUT2D eigenvalue weighted by Crippen LogP contribution is -2.40. The van der Waals surface area contributed by atoms with Gasteiger partial charge >= 0.3 is 6.03 Å². The Kier molecular flexibility index (Phi) is 6.94. The van der Waals surface area contributed by atoms with Crippen LogP contribution < -0.4 is 24.8 Å². The quantitative estimate of drug-likeness (QED) is 0.564. The summed E-state index contributed by atoms with van der Waals surface area (Å²) in [7, 11) is -0.904. The minimum absolute atomic E-state index is 0.0145. The smallest absolute Gasteiger partial charge is 0.333 e. The molecule has 2 amide bonds. The van der Waals surface area contributed by atoms with Crippen molar-refractivity contribution in [3.05, 3.63) is 23.5 Å². The molecule has 0 aliphatic carbocycles. The molecule has 1 aliphatic heterocycles. The normalized spacial score (nSPS) is 15.9. The number of anilines is 1. The van der Waals surface area contributed by atoms with Crippen LogP contribution in [-0.2, 0) is 16.6 Å². The zero-order chi connectivity index (χ0) is 23.6. The van der Waals surface area contributed by atoms with Crippen molar-refractivity contribution in [1.29, 1.82) is 0 Å². The number of carbonyl (C=O) groups excluding carboxylic acids is 1. The molecule has 2 aromatic rings. The number of methoxy groups -OCH3 is 1. The number of aromatic nitrogens is 3. The van der Waals surface area contributed by atoms with Gasteiger partial charge in [0.15, 0.2) is 4.90 Å². The van der Waals surface area contributed by atoms with Gasteiger partial charge in [-0.25, -0.2) is 27.6 Å². The number of rotatable bonds is 7. The molecule has 1 aliphatic rings. The largest absolute Gasteiger partial charge is 0.481 e. The standard InChI is InChI=1S/C20H30N6O5S/c1-11(2)14-7-16(30-6)23-17(12(3)4)18(14)24-20(27)25-32(28,29)15-8-22-26-9-13(21-5)10-31-19(15)26/h7-8,11-13,21H,9-10H2,1-6H3,(H2,24,25,27)/t13-/m0/s1. The fourth-order valence-corrected chi connectivity index (χ4v) is 4.41. The van der Waals surface area contributed by atoms with E-state index in [1.54, 1.807) is 13.1 Å². The predicted molar refractivity (Wildman–Crippen MR) is 119 cm³/mol. The van der Waals surface area contributed by atoms with E-state index < -0.39 is 16.1 Å². The highest BCUT2D eigenvalue weighted by Gasteiger charge is 2.31. The van der Waals surface area contributed by atoms with E-state index in [4.69, 9.17) is 9.47 Å². The van der Waals surface area contributed by atoms with Crippen molar-refractivity contribution >= 4 is 21.7 Å². The molecular formula is C20H30N6O5S. The summed E-state index contributed by atoms with van der Waals surface area (Å²) in [6.07, 6.45) is 1.18. The van der Waals surface area contributed by atoms with E-state index in [9.17, 15) is 13.2 Å². The van der Waals surface area contributed by atoms with E-state index in [2.05, 4.69) is 25.4 Å². The topological polar surface area (TPSA) is 136 Å². The SMILES string of the molecule is CN[C@@H]1COc2c(S(=O)(=O)NC(=O)Nc3c(C(C)C)cc(OC)nc3C(C)C)cnn2C1. The number of sulfonamides is 1. The first-order chi connectivity index (χ1) is 15.1. The molecule has 0 unspecified atom stereocenters. The van der Waals surface area contributed by atoms with Gasteiger partial charge in [-0.05, 0) is 24.4 Å². The average Bonchev–Trinajstić information content (AvgIpc) is 3.17. The van der Waals surface area contributed by atoms with E-state index in [1.807, 2.05) is 27.7 Å². The Bertz CT molecular complexity index is 1070. The van der Waals surface area contributed by atoms with Gasteiger partial charge in [-0.1, -0.05) is 27.7 Å². The number of urea groups is 1. The minimum atomic E-state index is -4.22. The zero-order valence-corrected chi connectivity index (χ0v) is 19.9. The van der Waals surface area contributed by atoms with Gasteiger partial charge in [-0.15, -0.1) is 0 Å². The maximum atomic E-state index is 12.9. The molecule has 1 atom stereocenters. The van der Waals surface area contributed by atoms with Gasteiger partial charge in [0.2, 0.25) is 11.8 Å². The lowest BCUT2D eigenvalue weighted by Gasteiger charge is -2.24. The summed E-state index contributed by atoms with van der Waals surface area (Å²) in [5, 5.41) is 9.82. The second-order valence-corrected chi connectivity index (χ2v) is 9.83. The predicted octanol–water partition coefficient (Wildman–Crippen LogP) is 2.02. The third-order valence-electron chi connectivity index (χ3n) is 5.17. The fraction of sp³-hybridized carbons (Fsp3) is 0.550. The molecule has 0 saturated heterocycles. The number of amides is 2. The molecule has 0 radical (unpaired) electrons. The summed E-state index contributed by atoms with van der Waals surface area (Å²) in [6, 6.07) is 0.853. The summed E-state index contributed by atoms with van der Waals surface area (Å²) in [5.74, 6) is 0.534. The molecule has 0 bridgehead atoms. The molecule has 12 heteroatoms. The number of nitrogens with zero attached hydrogens (tertiary/aromatic N) is 3. The molecule has 0 spiro atoms. The van der Waals surface area contributed by atoms with Gasteiger partial charge in [-0.2, -0.15) is 5.10 Å². The van der Waals surface area contributed by atoms with Gasteiger partial charge < -0.3 is 20.1 Å². The van der Waals surface area contributed by atoms with Crippen LogP contribution >= 0.6 is 0 Å². The van der Waals surface area contributed by atoms with Crippen LogP contribution in [0, 0.1) is 0 Å². The van der Waals surface area contributed by atoms with Crippen LogP contribution in [0.4, 0.5) is 10.5 Å². The molecule has 3 rings (SSSR count). The van der Waals surface area contributed by atoms with E-state index in [-0.39, 0.29) is 28.7 Å². The molecule has 0 aromatic carbocycles. The van der Waals surface area contributed by atoms with Crippen LogP contribution in [0.2, 0.25) is 0 Å². The molecule has 2 aromatic heterocycles. The Morgan fingerprint density at radius 1 is 1.28 bits per heavy atom. The first kappa shape index (κ1) is 23.8. The summed E-state index contributed by atoms with van der Waals surface area (Å²) >= 11 is 0. The Hall–Kier alpha value is -2.86. The highest BCUT2D eigenvalue weighted by atomic mass is 32.2. The maximum absolute atomic E-state index is 12.9. The molecule has 11 nitrogen and oxygen atoms in total. The monoisotopic (exact) mass is 466 g/mol. The van der Waals surface area contributed by atoms with Gasteiger partial charge in [0.1, 0.15) is 6.61 Å². The fourth-order valence-electron chi connectivity index (χ4n) is 3.42. The van der Waals surface area contributed by atoms with E-state index in [1.165, 1.54) is 18.0 Å². The van der Waals surface area contributed by atoms with Crippen molar-refractivity contribution in [3.63, 3.8) is 0 Å². The molecule has 0 fully saturated rings. The number of hydrogen-bond acceptors (Lipinski definition) is 8. The molecule has 176 valence electrons. The third kappa shape index (κ3) is 4.80. The first-order valence-corrected chi connectivity index (χ1v) is 11.8. The van der Waals surface area contributed by atoms with Gasteiger partial charge in [-0.3, -0.25) is 0 Å². The summed E-state index contributed by atoms with van der Waals surface area (Å²) in [4.78, 5) is 17.0. The van der Waals surface area contributed by atoms with Crippen LogP contribution in [0.3, 0.4) is 0 Å². The Morgan fingerprint density at radius 2 is 2.00 bits per heavy atom. The van der Waals surface area contributed by atoms with E-state index >= 15 is 0 Å². The van der Waals surface area contributed by atoms with Crippen molar-refractivity contribution in [1.82, 2.24) is 24.8 Å².